The first kappa shape index (κ1) is 7.10. The van der Waals surface area contributed by atoms with Gasteiger partial charge in [-0.1, -0.05) is 0 Å². The van der Waals surface area contributed by atoms with Gasteiger partial charge in [0.2, 0.25) is 0 Å². The minimum atomic E-state index is -0.648. The first-order chi connectivity index (χ1) is 5.29. The number of rotatable bonds is 2. The van der Waals surface area contributed by atoms with Gasteiger partial charge in [-0.05, 0) is 25.2 Å². The van der Waals surface area contributed by atoms with E-state index in [0.29, 0.717) is 5.92 Å². The van der Waals surface area contributed by atoms with Crippen LogP contribution in [-0.2, 0) is 9.53 Å². The van der Waals surface area contributed by atoms with Gasteiger partial charge in [-0.25, -0.2) is 0 Å². The fourth-order valence-electron chi connectivity index (χ4n) is 1.85. The molecule has 2 rings (SSSR count). The van der Waals surface area contributed by atoms with Gasteiger partial charge in [0.05, 0.1) is 12.0 Å². The smallest absolute Gasteiger partial charge is 0.306 e. The second kappa shape index (κ2) is 2.48. The van der Waals surface area contributed by atoms with Crippen LogP contribution < -0.4 is 0 Å². The molecule has 11 heavy (non-hydrogen) atoms. The van der Waals surface area contributed by atoms with Gasteiger partial charge >= 0.3 is 5.97 Å². The van der Waals surface area contributed by atoms with Crippen LogP contribution in [0, 0.1) is 11.8 Å². The molecule has 1 saturated carbocycles. The average molecular weight is 156 g/mol. The molecule has 1 heterocycles. The van der Waals surface area contributed by atoms with Crippen molar-refractivity contribution < 1.29 is 14.6 Å². The van der Waals surface area contributed by atoms with E-state index >= 15 is 0 Å². The summed E-state index contributed by atoms with van der Waals surface area (Å²) in [6.07, 6.45) is 3.26. The fraction of sp³-hybridized carbons (Fsp3) is 0.875. The molecule has 0 amide bonds. The Morgan fingerprint density at radius 2 is 2.36 bits per heavy atom. The van der Waals surface area contributed by atoms with Crippen molar-refractivity contribution in [2.75, 3.05) is 6.61 Å². The Labute approximate surface area is 65.4 Å². The fourth-order valence-corrected chi connectivity index (χ4v) is 1.85. The summed E-state index contributed by atoms with van der Waals surface area (Å²) in [6, 6.07) is 0. The van der Waals surface area contributed by atoms with Crippen molar-refractivity contribution in [1.82, 2.24) is 0 Å². The van der Waals surface area contributed by atoms with E-state index in [-0.39, 0.29) is 12.0 Å². The summed E-state index contributed by atoms with van der Waals surface area (Å²) in [7, 11) is 0. The van der Waals surface area contributed by atoms with E-state index in [1.807, 2.05) is 0 Å². The number of ether oxygens (including phenoxy) is 1. The molecule has 3 nitrogen and oxygen atoms in total. The Morgan fingerprint density at radius 3 is 2.82 bits per heavy atom. The lowest BCUT2D eigenvalue weighted by atomic mass is 10.1. The lowest BCUT2D eigenvalue weighted by Crippen LogP contribution is -2.12. The number of aliphatic carboxylic acids is 1. The van der Waals surface area contributed by atoms with Crippen LogP contribution in [0.25, 0.3) is 0 Å². The molecule has 3 heteroatoms. The summed E-state index contributed by atoms with van der Waals surface area (Å²) in [5, 5.41) is 8.63. The van der Waals surface area contributed by atoms with Crippen LogP contribution in [0.5, 0.6) is 0 Å². The van der Waals surface area contributed by atoms with Gasteiger partial charge in [-0.3, -0.25) is 4.79 Å². The predicted octanol–water partition coefficient (Wildman–Crippen LogP) is 0.886. The van der Waals surface area contributed by atoms with Gasteiger partial charge < -0.3 is 9.84 Å². The van der Waals surface area contributed by atoms with Gasteiger partial charge in [0.15, 0.2) is 0 Å². The molecular formula is C8H12O3. The zero-order valence-corrected chi connectivity index (χ0v) is 6.32. The molecule has 1 aliphatic heterocycles. The third-order valence-corrected chi connectivity index (χ3v) is 2.60. The highest BCUT2D eigenvalue weighted by Gasteiger charge is 2.49. The van der Waals surface area contributed by atoms with Crippen molar-refractivity contribution >= 4 is 5.97 Å². The van der Waals surface area contributed by atoms with E-state index in [2.05, 4.69) is 0 Å². The standard InChI is InChI=1S/C8H12O3/c9-8(10)6-4-5(6)7-2-1-3-11-7/h5-7H,1-4H2,(H,9,10)/t5-,6-,7?/m0/s1. The van der Waals surface area contributed by atoms with Gasteiger partial charge in [0.25, 0.3) is 0 Å². The zero-order chi connectivity index (χ0) is 7.84. The predicted molar refractivity (Wildman–Crippen MR) is 38.2 cm³/mol. The molecule has 1 saturated heterocycles. The van der Waals surface area contributed by atoms with Gasteiger partial charge in [0, 0.05) is 6.61 Å². The minimum Gasteiger partial charge on any atom is -0.481 e. The first-order valence-corrected chi connectivity index (χ1v) is 4.13. The van der Waals surface area contributed by atoms with Crippen molar-refractivity contribution in [3.63, 3.8) is 0 Å². The molecular weight excluding hydrogens is 144 g/mol. The number of carboxylic acids is 1. The van der Waals surface area contributed by atoms with Crippen molar-refractivity contribution in [3.05, 3.63) is 0 Å². The molecule has 3 atom stereocenters. The van der Waals surface area contributed by atoms with E-state index in [1.54, 1.807) is 0 Å². The lowest BCUT2D eigenvalue weighted by molar-refractivity contribution is -0.139. The highest BCUT2D eigenvalue weighted by molar-refractivity contribution is 5.73. The molecule has 1 aliphatic carbocycles. The molecule has 1 unspecified atom stereocenters. The lowest BCUT2D eigenvalue weighted by Gasteiger charge is -2.05. The zero-order valence-electron chi connectivity index (χ0n) is 6.32. The largest absolute Gasteiger partial charge is 0.481 e. The second-order valence-corrected chi connectivity index (χ2v) is 3.40. The average Bonchev–Trinajstić information content (AvgIpc) is 2.60. The molecule has 62 valence electrons. The van der Waals surface area contributed by atoms with Crippen molar-refractivity contribution in [1.29, 1.82) is 0 Å². The van der Waals surface area contributed by atoms with E-state index in [1.165, 1.54) is 0 Å². The molecule has 0 aromatic carbocycles. The molecule has 0 aromatic rings. The summed E-state index contributed by atoms with van der Waals surface area (Å²) < 4.78 is 5.39. The quantitative estimate of drug-likeness (QED) is 0.645. The highest BCUT2D eigenvalue weighted by Crippen LogP contribution is 2.45. The molecule has 0 spiro atoms. The van der Waals surface area contributed by atoms with E-state index in [9.17, 15) is 4.79 Å². The van der Waals surface area contributed by atoms with Gasteiger partial charge in [-0.2, -0.15) is 0 Å². The Balaban J connectivity index is 1.85. The van der Waals surface area contributed by atoms with Gasteiger partial charge in [0.1, 0.15) is 0 Å². The first-order valence-electron chi connectivity index (χ1n) is 4.13. The molecule has 2 aliphatic rings. The number of carbonyl (C=O) groups is 1. The van der Waals surface area contributed by atoms with E-state index in [4.69, 9.17) is 9.84 Å². The molecule has 2 fully saturated rings. The summed E-state index contributed by atoms with van der Waals surface area (Å²) in [5.74, 6) is -0.418. The van der Waals surface area contributed by atoms with Crippen LogP contribution >= 0.6 is 0 Å². The Bertz CT molecular complexity index is 172. The molecule has 0 radical (unpaired) electrons. The van der Waals surface area contributed by atoms with Crippen LogP contribution in [0.1, 0.15) is 19.3 Å². The van der Waals surface area contributed by atoms with Crippen LogP contribution in [0.4, 0.5) is 0 Å². The minimum absolute atomic E-state index is 0.0990. The third kappa shape index (κ3) is 1.25. The molecule has 0 bridgehead atoms. The molecule has 0 aromatic heterocycles. The van der Waals surface area contributed by atoms with E-state index < -0.39 is 5.97 Å². The number of hydrogen-bond donors (Lipinski definition) is 1. The molecule has 1 N–H and O–H groups in total. The van der Waals surface area contributed by atoms with Gasteiger partial charge in [-0.15, -0.1) is 0 Å². The highest BCUT2D eigenvalue weighted by atomic mass is 16.5. The van der Waals surface area contributed by atoms with E-state index in [0.717, 1.165) is 25.9 Å². The third-order valence-electron chi connectivity index (χ3n) is 2.60. The van der Waals surface area contributed by atoms with Crippen molar-refractivity contribution in [2.45, 2.75) is 25.4 Å². The summed E-state index contributed by atoms with van der Waals surface area (Å²) >= 11 is 0. The summed E-state index contributed by atoms with van der Waals surface area (Å²) in [5.41, 5.74) is 0. The summed E-state index contributed by atoms with van der Waals surface area (Å²) in [6.45, 7) is 0.827. The number of hydrogen-bond acceptors (Lipinski definition) is 2. The SMILES string of the molecule is O=C(O)[C@H]1C[C@@H]1C1CCCO1. The Morgan fingerprint density at radius 1 is 1.55 bits per heavy atom. The van der Waals surface area contributed by atoms with Crippen molar-refractivity contribution in [2.24, 2.45) is 11.8 Å². The maximum atomic E-state index is 10.5. The Hall–Kier alpha value is -0.570. The van der Waals surface area contributed by atoms with Crippen LogP contribution in [-0.4, -0.2) is 23.8 Å². The van der Waals surface area contributed by atoms with Crippen molar-refractivity contribution in [3.8, 4) is 0 Å². The topological polar surface area (TPSA) is 46.5 Å². The van der Waals surface area contributed by atoms with Crippen LogP contribution in [0.3, 0.4) is 0 Å². The second-order valence-electron chi connectivity index (χ2n) is 3.40. The maximum absolute atomic E-state index is 10.5. The number of carboxylic acid groups (broad SMARTS) is 1. The van der Waals surface area contributed by atoms with Crippen LogP contribution in [0.2, 0.25) is 0 Å². The summed E-state index contributed by atoms with van der Waals surface area (Å²) in [4.78, 5) is 10.5. The normalized spacial score (nSPS) is 42.4. The van der Waals surface area contributed by atoms with Crippen LogP contribution in [0.15, 0.2) is 0 Å². The monoisotopic (exact) mass is 156 g/mol. The maximum Gasteiger partial charge on any atom is 0.306 e. The Kier molecular flexibility index (Phi) is 1.60.